The fourth-order valence-corrected chi connectivity index (χ4v) is 1.44. The molecule has 1 N–H and O–H groups in total. The van der Waals surface area contributed by atoms with Crippen molar-refractivity contribution in [1.29, 1.82) is 0 Å². The maximum absolute atomic E-state index is 10.3. The van der Waals surface area contributed by atoms with Crippen LogP contribution in [0.2, 0.25) is 0 Å². The summed E-state index contributed by atoms with van der Waals surface area (Å²) in [5.41, 5.74) is 0. The minimum atomic E-state index is -4.25. The minimum absolute atomic E-state index is 0. The van der Waals surface area contributed by atoms with Crippen LogP contribution in [0.3, 0.4) is 0 Å². The van der Waals surface area contributed by atoms with E-state index in [2.05, 4.69) is 11.1 Å². The van der Waals surface area contributed by atoms with Crippen molar-refractivity contribution < 1.29 is 46.7 Å². The zero-order valence-electron chi connectivity index (χ0n) is 9.19. The van der Waals surface area contributed by atoms with Crippen LogP contribution in [0.15, 0.2) is 0 Å². The van der Waals surface area contributed by atoms with E-state index in [4.69, 9.17) is 4.55 Å². The van der Waals surface area contributed by atoms with E-state index in [1.54, 1.807) is 0 Å². The van der Waals surface area contributed by atoms with Crippen LogP contribution in [0, 0.1) is 5.92 Å². The molecule has 0 aliphatic heterocycles. The van der Waals surface area contributed by atoms with Crippen molar-refractivity contribution in [2.45, 2.75) is 39.5 Å². The molecule has 0 radical (unpaired) electrons. The van der Waals surface area contributed by atoms with E-state index >= 15 is 0 Å². The van der Waals surface area contributed by atoms with Crippen molar-refractivity contribution in [2.24, 2.45) is 5.92 Å². The zero-order chi connectivity index (χ0) is 10.3. The van der Waals surface area contributed by atoms with Gasteiger partial charge in [-0.3, -0.25) is 4.55 Å². The van der Waals surface area contributed by atoms with Gasteiger partial charge >= 0.3 is 40.0 Å². The summed E-state index contributed by atoms with van der Waals surface area (Å²) in [5, 5.41) is 0. The Bertz CT molecular complexity index is 215. The zero-order valence-corrected chi connectivity index (χ0v) is 12.0. The van der Waals surface area contributed by atoms with Crippen molar-refractivity contribution in [3.8, 4) is 0 Å². The normalized spacial score (nSPS) is 13.4. The Balaban J connectivity index is 0. The molecule has 1 unspecified atom stereocenters. The first kappa shape index (κ1) is 17.3. The molecule has 0 saturated heterocycles. The molecule has 0 heterocycles. The standard InChI is InChI=1S/C8H18O4S.Na/c1-3-5-6-8(4-2)7-12-13(9,10)11;/h8H,3-7H2,1-2H3,(H,9,10,11);/q;+1. The van der Waals surface area contributed by atoms with Crippen LogP contribution in [0.4, 0.5) is 0 Å². The largest absolute Gasteiger partial charge is 1.00 e. The maximum Gasteiger partial charge on any atom is 1.00 e. The third kappa shape index (κ3) is 10.9. The van der Waals surface area contributed by atoms with Crippen LogP contribution < -0.4 is 29.6 Å². The second kappa shape index (κ2) is 9.12. The van der Waals surface area contributed by atoms with E-state index in [1.807, 2.05) is 6.92 Å². The molecule has 0 fully saturated rings. The second-order valence-corrected chi connectivity index (χ2v) is 4.22. The molecule has 0 saturated carbocycles. The molecule has 0 aromatic heterocycles. The van der Waals surface area contributed by atoms with Gasteiger partial charge in [0, 0.05) is 0 Å². The molecule has 0 aromatic carbocycles. The third-order valence-electron chi connectivity index (χ3n) is 2.00. The van der Waals surface area contributed by atoms with Gasteiger partial charge in [0.15, 0.2) is 0 Å². The smallest absolute Gasteiger partial charge is 0.264 e. The van der Waals surface area contributed by atoms with Gasteiger partial charge in [-0.1, -0.05) is 33.1 Å². The molecule has 6 heteroatoms. The predicted octanol–water partition coefficient (Wildman–Crippen LogP) is -0.974. The van der Waals surface area contributed by atoms with Crippen molar-refractivity contribution in [3.05, 3.63) is 0 Å². The Hall–Kier alpha value is 0.870. The van der Waals surface area contributed by atoms with Crippen molar-refractivity contribution in [2.75, 3.05) is 6.61 Å². The van der Waals surface area contributed by atoms with E-state index in [1.165, 1.54) is 0 Å². The topological polar surface area (TPSA) is 63.6 Å². The number of hydrogen-bond donors (Lipinski definition) is 1. The van der Waals surface area contributed by atoms with Crippen LogP contribution in [0.25, 0.3) is 0 Å². The Morgan fingerprint density at radius 2 is 1.93 bits per heavy atom. The molecular formula is C8H18NaO4S+. The van der Waals surface area contributed by atoms with Gasteiger partial charge in [-0.15, -0.1) is 0 Å². The summed E-state index contributed by atoms with van der Waals surface area (Å²) in [7, 11) is -4.25. The van der Waals surface area contributed by atoms with Crippen LogP contribution in [0.5, 0.6) is 0 Å². The first-order valence-electron chi connectivity index (χ1n) is 4.61. The number of hydrogen-bond acceptors (Lipinski definition) is 3. The Labute approximate surface area is 109 Å². The molecule has 0 rings (SSSR count). The summed E-state index contributed by atoms with van der Waals surface area (Å²) in [6.07, 6.45) is 3.97. The SMILES string of the molecule is CCCCC(CC)COS(=O)(=O)O.[Na+]. The first-order chi connectivity index (χ1) is 5.99. The molecule has 4 nitrogen and oxygen atoms in total. The van der Waals surface area contributed by atoms with E-state index in [0.717, 1.165) is 25.7 Å². The van der Waals surface area contributed by atoms with E-state index < -0.39 is 10.4 Å². The Kier molecular flexibility index (Phi) is 11.3. The number of rotatable bonds is 7. The van der Waals surface area contributed by atoms with Gasteiger partial charge in [-0.05, 0) is 12.3 Å². The molecule has 0 amide bonds. The van der Waals surface area contributed by atoms with E-state index in [-0.39, 0.29) is 42.1 Å². The Morgan fingerprint density at radius 3 is 2.29 bits per heavy atom. The second-order valence-electron chi connectivity index (χ2n) is 3.13. The molecule has 1 atom stereocenters. The minimum Gasteiger partial charge on any atom is -0.264 e. The van der Waals surface area contributed by atoms with Gasteiger partial charge in [0.25, 0.3) is 0 Å². The summed E-state index contributed by atoms with van der Waals surface area (Å²) in [4.78, 5) is 0. The quantitative estimate of drug-likeness (QED) is 0.454. The summed E-state index contributed by atoms with van der Waals surface area (Å²) >= 11 is 0. The summed E-state index contributed by atoms with van der Waals surface area (Å²) in [5.74, 6) is 0.224. The molecule has 14 heavy (non-hydrogen) atoms. The van der Waals surface area contributed by atoms with Gasteiger partial charge < -0.3 is 0 Å². The predicted molar refractivity (Wildman–Crippen MR) is 50.8 cm³/mol. The fourth-order valence-electron chi connectivity index (χ4n) is 1.08. The van der Waals surface area contributed by atoms with Crippen molar-refractivity contribution >= 4 is 10.4 Å². The average Bonchev–Trinajstić information content (AvgIpc) is 2.03. The molecule has 0 aliphatic carbocycles. The van der Waals surface area contributed by atoms with Gasteiger partial charge in [-0.25, -0.2) is 4.18 Å². The summed E-state index contributed by atoms with van der Waals surface area (Å²) in [6, 6.07) is 0. The molecule has 80 valence electrons. The van der Waals surface area contributed by atoms with Gasteiger partial charge in [0.2, 0.25) is 0 Å². The van der Waals surface area contributed by atoms with Gasteiger partial charge in [-0.2, -0.15) is 8.42 Å². The summed E-state index contributed by atoms with van der Waals surface area (Å²) < 4.78 is 33.2. The Morgan fingerprint density at radius 1 is 1.36 bits per heavy atom. The van der Waals surface area contributed by atoms with Gasteiger partial charge in [0.05, 0.1) is 6.61 Å². The van der Waals surface area contributed by atoms with Crippen LogP contribution in [0.1, 0.15) is 39.5 Å². The van der Waals surface area contributed by atoms with Crippen LogP contribution in [-0.4, -0.2) is 19.6 Å². The fraction of sp³-hybridized carbons (Fsp3) is 1.00. The average molecular weight is 233 g/mol. The van der Waals surface area contributed by atoms with Gasteiger partial charge in [0.1, 0.15) is 0 Å². The third-order valence-corrected chi connectivity index (χ3v) is 2.43. The summed E-state index contributed by atoms with van der Waals surface area (Å²) in [6.45, 7) is 4.15. The molecule has 0 aliphatic rings. The van der Waals surface area contributed by atoms with Crippen molar-refractivity contribution in [3.63, 3.8) is 0 Å². The maximum atomic E-state index is 10.3. The van der Waals surface area contributed by atoms with E-state index in [0.29, 0.717) is 0 Å². The number of unbranched alkanes of at least 4 members (excludes halogenated alkanes) is 1. The van der Waals surface area contributed by atoms with E-state index in [9.17, 15) is 8.42 Å². The molecule has 0 spiro atoms. The molecule has 0 aromatic rings. The van der Waals surface area contributed by atoms with Crippen LogP contribution in [-0.2, 0) is 14.6 Å². The van der Waals surface area contributed by atoms with Crippen molar-refractivity contribution in [1.82, 2.24) is 0 Å². The monoisotopic (exact) mass is 233 g/mol. The first-order valence-corrected chi connectivity index (χ1v) is 5.98. The molecular weight excluding hydrogens is 215 g/mol. The molecule has 0 bridgehead atoms. The van der Waals surface area contributed by atoms with Crippen LogP contribution >= 0.6 is 0 Å².